The maximum Gasteiger partial charge on any atom is 0.323 e. The van der Waals surface area contributed by atoms with E-state index in [-0.39, 0.29) is 6.61 Å². The summed E-state index contributed by atoms with van der Waals surface area (Å²) in [5.74, 6) is 0.298. The van der Waals surface area contributed by atoms with Crippen LogP contribution in [-0.2, 0) is 22.7 Å². The molecular formula is C19H23NO5. The van der Waals surface area contributed by atoms with Crippen molar-refractivity contribution in [3.8, 4) is 11.5 Å². The average molecular weight is 345 g/mol. The maximum absolute atomic E-state index is 11.1. The second-order valence-electron chi connectivity index (χ2n) is 5.49. The zero-order valence-corrected chi connectivity index (χ0v) is 14.4. The standard InChI is InChI=1S/C19H23NO5/c1-23-13-16(19(21)22)20-11-15-8-9-17(18(10-15)24-2)25-12-14-6-4-3-5-7-14/h3-10,16,20H,11-13H2,1-2H3,(H,21,22). The molecule has 1 unspecified atom stereocenters. The van der Waals surface area contributed by atoms with Gasteiger partial charge < -0.3 is 19.3 Å². The van der Waals surface area contributed by atoms with Gasteiger partial charge in [-0.2, -0.15) is 0 Å². The first kappa shape index (κ1) is 18.8. The fraction of sp³-hybridized carbons (Fsp3) is 0.316. The van der Waals surface area contributed by atoms with E-state index in [0.717, 1.165) is 11.1 Å². The van der Waals surface area contributed by atoms with Crippen LogP contribution in [-0.4, -0.2) is 37.9 Å². The van der Waals surface area contributed by atoms with Crippen molar-refractivity contribution in [2.24, 2.45) is 0 Å². The molecule has 0 radical (unpaired) electrons. The molecule has 0 aromatic heterocycles. The number of carboxylic acid groups (broad SMARTS) is 1. The summed E-state index contributed by atoms with van der Waals surface area (Å²) in [6, 6.07) is 14.6. The molecule has 0 fully saturated rings. The molecule has 2 rings (SSSR count). The quantitative estimate of drug-likeness (QED) is 0.689. The van der Waals surface area contributed by atoms with E-state index in [2.05, 4.69) is 5.32 Å². The third kappa shape index (κ3) is 5.77. The van der Waals surface area contributed by atoms with Gasteiger partial charge in [0.15, 0.2) is 11.5 Å². The van der Waals surface area contributed by atoms with Gasteiger partial charge in [-0.05, 0) is 23.3 Å². The molecule has 25 heavy (non-hydrogen) atoms. The third-order valence-corrected chi connectivity index (χ3v) is 3.65. The SMILES string of the molecule is COCC(NCc1ccc(OCc2ccccc2)c(OC)c1)C(=O)O. The van der Waals surface area contributed by atoms with Crippen LogP contribution in [0.4, 0.5) is 0 Å². The average Bonchev–Trinajstić information content (AvgIpc) is 2.64. The second kappa shape index (κ2) is 9.66. The number of carboxylic acids is 1. The van der Waals surface area contributed by atoms with E-state index in [4.69, 9.17) is 19.3 Å². The zero-order chi connectivity index (χ0) is 18.1. The summed E-state index contributed by atoms with van der Waals surface area (Å²) in [5.41, 5.74) is 1.96. The number of nitrogens with one attached hydrogen (secondary N) is 1. The Kier molecular flexibility index (Phi) is 7.25. The van der Waals surface area contributed by atoms with Crippen molar-refractivity contribution in [3.05, 3.63) is 59.7 Å². The van der Waals surface area contributed by atoms with Gasteiger partial charge in [0.05, 0.1) is 13.7 Å². The zero-order valence-electron chi connectivity index (χ0n) is 14.4. The molecule has 2 aromatic carbocycles. The van der Waals surface area contributed by atoms with Crippen LogP contribution < -0.4 is 14.8 Å². The number of rotatable bonds is 10. The van der Waals surface area contributed by atoms with Crippen LogP contribution in [0.2, 0.25) is 0 Å². The van der Waals surface area contributed by atoms with Crippen LogP contribution in [0.3, 0.4) is 0 Å². The monoisotopic (exact) mass is 345 g/mol. The van der Waals surface area contributed by atoms with E-state index >= 15 is 0 Å². The summed E-state index contributed by atoms with van der Waals surface area (Å²) in [5, 5.41) is 12.1. The van der Waals surface area contributed by atoms with Crippen molar-refractivity contribution < 1.29 is 24.1 Å². The van der Waals surface area contributed by atoms with Crippen LogP contribution in [0.5, 0.6) is 11.5 Å². The Morgan fingerprint density at radius 2 is 1.84 bits per heavy atom. The number of hydrogen-bond acceptors (Lipinski definition) is 5. The summed E-state index contributed by atoms with van der Waals surface area (Å²) in [6.45, 7) is 0.935. The molecule has 2 aromatic rings. The Bertz CT molecular complexity index is 675. The van der Waals surface area contributed by atoms with E-state index < -0.39 is 12.0 Å². The maximum atomic E-state index is 11.1. The Morgan fingerprint density at radius 3 is 2.48 bits per heavy atom. The first-order valence-electron chi connectivity index (χ1n) is 7.92. The van der Waals surface area contributed by atoms with Gasteiger partial charge in [-0.1, -0.05) is 36.4 Å². The molecular weight excluding hydrogens is 322 g/mol. The number of aliphatic carboxylic acids is 1. The minimum Gasteiger partial charge on any atom is -0.493 e. The summed E-state index contributed by atoms with van der Waals surface area (Å²) in [4.78, 5) is 11.1. The topological polar surface area (TPSA) is 77.0 Å². The fourth-order valence-corrected chi connectivity index (χ4v) is 2.30. The first-order valence-corrected chi connectivity index (χ1v) is 7.92. The molecule has 6 nitrogen and oxygen atoms in total. The lowest BCUT2D eigenvalue weighted by atomic mass is 10.2. The lowest BCUT2D eigenvalue weighted by Crippen LogP contribution is -2.39. The highest BCUT2D eigenvalue weighted by atomic mass is 16.5. The molecule has 0 aliphatic carbocycles. The van der Waals surface area contributed by atoms with Gasteiger partial charge in [-0.25, -0.2) is 0 Å². The molecule has 6 heteroatoms. The molecule has 134 valence electrons. The minimum atomic E-state index is -0.948. The Morgan fingerprint density at radius 1 is 1.08 bits per heavy atom. The Hall–Kier alpha value is -2.57. The van der Waals surface area contributed by atoms with Gasteiger partial charge in [0.1, 0.15) is 12.6 Å². The van der Waals surface area contributed by atoms with Gasteiger partial charge in [0, 0.05) is 13.7 Å². The molecule has 0 bridgehead atoms. The van der Waals surface area contributed by atoms with Crippen molar-refractivity contribution in [2.45, 2.75) is 19.2 Å². The van der Waals surface area contributed by atoms with Gasteiger partial charge in [0.2, 0.25) is 0 Å². The van der Waals surface area contributed by atoms with Crippen molar-refractivity contribution in [3.63, 3.8) is 0 Å². The number of carbonyl (C=O) groups is 1. The largest absolute Gasteiger partial charge is 0.493 e. The van der Waals surface area contributed by atoms with Crippen LogP contribution in [0, 0.1) is 0 Å². The molecule has 2 N–H and O–H groups in total. The van der Waals surface area contributed by atoms with Crippen molar-refractivity contribution in [2.75, 3.05) is 20.8 Å². The lowest BCUT2D eigenvalue weighted by Gasteiger charge is -2.15. The first-order chi connectivity index (χ1) is 12.1. The molecule has 0 aliphatic heterocycles. The van der Waals surface area contributed by atoms with Crippen LogP contribution in [0.1, 0.15) is 11.1 Å². The predicted molar refractivity (Wildman–Crippen MR) is 93.9 cm³/mol. The van der Waals surface area contributed by atoms with Crippen LogP contribution >= 0.6 is 0 Å². The number of benzene rings is 2. The van der Waals surface area contributed by atoms with Crippen molar-refractivity contribution >= 4 is 5.97 Å². The molecule has 1 atom stereocenters. The number of methoxy groups -OCH3 is 2. The Balaban J connectivity index is 1.99. The smallest absolute Gasteiger partial charge is 0.323 e. The van der Waals surface area contributed by atoms with E-state index in [9.17, 15) is 4.79 Å². The van der Waals surface area contributed by atoms with Crippen LogP contribution in [0.15, 0.2) is 48.5 Å². The van der Waals surface area contributed by atoms with Gasteiger partial charge in [-0.3, -0.25) is 10.1 Å². The highest BCUT2D eigenvalue weighted by molar-refractivity contribution is 5.73. The summed E-state index contributed by atoms with van der Waals surface area (Å²) >= 11 is 0. The lowest BCUT2D eigenvalue weighted by molar-refractivity contribution is -0.140. The van der Waals surface area contributed by atoms with Gasteiger partial charge >= 0.3 is 5.97 Å². The molecule has 0 saturated carbocycles. The Labute approximate surface area is 147 Å². The number of hydrogen-bond donors (Lipinski definition) is 2. The molecule has 0 aliphatic rings. The van der Waals surface area contributed by atoms with Gasteiger partial charge in [-0.15, -0.1) is 0 Å². The highest BCUT2D eigenvalue weighted by Gasteiger charge is 2.16. The molecule has 0 heterocycles. The van der Waals surface area contributed by atoms with Crippen LogP contribution in [0.25, 0.3) is 0 Å². The number of ether oxygens (including phenoxy) is 3. The van der Waals surface area contributed by atoms with Gasteiger partial charge in [0.25, 0.3) is 0 Å². The molecule has 0 spiro atoms. The normalized spacial score (nSPS) is 11.8. The van der Waals surface area contributed by atoms with Crippen molar-refractivity contribution in [1.29, 1.82) is 0 Å². The van der Waals surface area contributed by atoms with E-state index in [1.165, 1.54) is 7.11 Å². The van der Waals surface area contributed by atoms with E-state index in [1.807, 2.05) is 48.5 Å². The minimum absolute atomic E-state index is 0.102. The predicted octanol–water partition coefficient (Wildman–Crippen LogP) is 2.46. The fourth-order valence-electron chi connectivity index (χ4n) is 2.30. The highest BCUT2D eigenvalue weighted by Crippen LogP contribution is 2.28. The summed E-state index contributed by atoms with van der Waals surface area (Å²) in [7, 11) is 3.05. The van der Waals surface area contributed by atoms with E-state index in [1.54, 1.807) is 7.11 Å². The third-order valence-electron chi connectivity index (χ3n) is 3.65. The van der Waals surface area contributed by atoms with E-state index in [0.29, 0.717) is 24.7 Å². The summed E-state index contributed by atoms with van der Waals surface area (Å²) in [6.07, 6.45) is 0. The van der Waals surface area contributed by atoms with Crippen molar-refractivity contribution in [1.82, 2.24) is 5.32 Å². The second-order valence-corrected chi connectivity index (χ2v) is 5.49. The summed E-state index contributed by atoms with van der Waals surface area (Å²) < 4.78 is 16.1. The molecule has 0 amide bonds. The molecule has 0 saturated heterocycles.